The Kier molecular flexibility index (Phi) is 3.57. The third kappa shape index (κ3) is 2.41. The molecule has 7 nitrogen and oxygen atoms in total. The highest BCUT2D eigenvalue weighted by Gasteiger charge is 2.17. The van der Waals surface area contributed by atoms with Crippen molar-refractivity contribution in [3.63, 3.8) is 0 Å². The van der Waals surface area contributed by atoms with Crippen LogP contribution in [-0.4, -0.2) is 29.9 Å². The summed E-state index contributed by atoms with van der Waals surface area (Å²) < 4.78 is 4.47. The van der Waals surface area contributed by atoms with Crippen LogP contribution in [0.5, 0.6) is 0 Å². The maximum Gasteiger partial charge on any atom is 0.291 e. The Morgan fingerprint density at radius 1 is 1.24 bits per heavy atom. The van der Waals surface area contributed by atoms with Crippen LogP contribution in [-0.2, 0) is 13.0 Å². The molecule has 0 aliphatic rings. The molecule has 0 fully saturated rings. The van der Waals surface area contributed by atoms with E-state index >= 15 is 0 Å². The number of nitrogens with zero attached hydrogens (tertiary/aromatic N) is 5. The Hall–Kier alpha value is -2.74. The van der Waals surface area contributed by atoms with Crippen LogP contribution in [0.1, 0.15) is 28.9 Å². The topological polar surface area (TPSA) is 74.2 Å². The molecule has 0 N–H and O–H groups in total. The zero-order valence-electron chi connectivity index (χ0n) is 14.2. The predicted molar refractivity (Wildman–Crippen MR) is 96.5 cm³/mol. The van der Waals surface area contributed by atoms with E-state index in [-0.39, 0.29) is 18.0 Å². The zero-order chi connectivity index (χ0) is 17.7. The van der Waals surface area contributed by atoms with Crippen molar-refractivity contribution in [2.45, 2.75) is 33.7 Å². The Labute approximate surface area is 147 Å². The van der Waals surface area contributed by atoms with Gasteiger partial charge in [-0.3, -0.25) is 14.0 Å². The van der Waals surface area contributed by atoms with E-state index in [0.717, 1.165) is 27.4 Å². The number of rotatable bonds is 3. The van der Waals surface area contributed by atoms with Gasteiger partial charge in [0.25, 0.3) is 11.5 Å². The number of thiophene rings is 1. The fraction of sp³-hybridized carbons (Fsp3) is 0.294. The average Bonchev–Trinajstić information content (AvgIpc) is 3.24. The number of aryl methyl sites for hydroxylation is 3. The van der Waals surface area contributed by atoms with E-state index in [1.165, 1.54) is 9.36 Å². The lowest BCUT2D eigenvalue weighted by atomic mass is 10.4. The summed E-state index contributed by atoms with van der Waals surface area (Å²) >= 11 is 1.58. The molecule has 0 amide bonds. The predicted octanol–water partition coefficient (Wildman–Crippen LogP) is 2.43. The van der Waals surface area contributed by atoms with Crippen LogP contribution in [0.15, 0.2) is 28.4 Å². The molecule has 4 heterocycles. The van der Waals surface area contributed by atoms with E-state index in [9.17, 15) is 9.59 Å². The second kappa shape index (κ2) is 5.66. The van der Waals surface area contributed by atoms with Crippen LogP contribution in [0.3, 0.4) is 0 Å². The number of aromatic nitrogens is 5. The summed E-state index contributed by atoms with van der Waals surface area (Å²) in [5.41, 5.74) is 1.79. The number of hydrogen-bond donors (Lipinski definition) is 0. The molecule has 0 aliphatic heterocycles. The molecule has 25 heavy (non-hydrogen) atoms. The fourth-order valence-electron chi connectivity index (χ4n) is 3.11. The molecule has 4 rings (SSSR count). The number of carbonyl (C=O) groups is 1. The van der Waals surface area contributed by atoms with E-state index in [1.54, 1.807) is 11.3 Å². The van der Waals surface area contributed by atoms with Gasteiger partial charge in [-0.2, -0.15) is 10.2 Å². The summed E-state index contributed by atoms with van der Waals surface area (Å²) in [7, 11) is 0. The van der Waals surface area contributed by atoms with Gasteiger partial charge in [0.15, 0.2) is 0 Å². The van der Waals surface area contributed by atoms with E-state index in [2.05, 4.69) is 10.2 Å². The van der Waals surface area contributed by atoms with Gasteiger partial charge >= 0.3 is 0 Å². The van der Waals surface area contributed by atoms with Crippen molar-refractivity contribution in [1.29, 1.82) is 0 Å². The molecule has 8 heteroatoms. The van der Waals surface area contributed by atoms with Crippen LogP contribution in [0.2, 0.25) is 0 Å². The Morgan fingerprint density at radius 2 is 2.04 bits per heavy atom. The molecule has 4 aromatic rings. The molecule has 0 saturated carbocycles. The Morgan fingerprint density at radius 3 is 2.72 bits per heavy atom. The average molecular weight is 355 g/mol. The lowest BCUT2D eigenvalue weighted by molar-refractivity contribution is 0.0865. The van der Waals surface area contributed by atoms with Gasteiger partial charge in [0.2, 0.25) is 0 Å². The molecule has 0 atom stereocenters. The van der Waals surface area contributed by atoms with Crippen molar-refractivity contribution < 1.29 is 4.79 Å². The van der Waals surface area contributed by atoms with Crippen LogP contribution >= 0.6 is 11.3 Å². The van der Waals surface area contributed by atoms with Crippen molar-refractivity contribution in [1.82, 2.24) is 24.0 Å². The molecule has 0 bridgehead atoms. The van der Waals surface area contributed by atoms with Gasteiger partial charge < -0.3 is 0 Å². The number of carbonyl (C=O) groups excluding carboxylic acids is 1. The SMILES string of the molecule is CCc1nn(CC(=O)n2nc(C)cc2C)c(=O)c2cc3ccsc3n12. The second-order valence-electron chi connectivity index (χ2n) is 6.01. The molecule has 0 aliphatic carbocycles. The highest BCUT2D eigenvalue weighted by molar-refractivity contribution is 7.16. The minimum absolute atomic E-state index is 0.136. The van der Waals surface area contributed by atoms with Crippen molar-refractivity contribution in [2.75, 3.05) is 0 Å². The highest BCUT2D eigenvalue weighted by Crippen LogP contribution is 2.24. The molecule has 0 spiro atoms. The normalized spacial score (nSPS) is 11.6. The summed E-state index contributed by atoms with van der Waals surface area (Å²) in [6, 6.07) is 5.67. The lowest BCUT2D eigenvalue weighted by Gasteiger charge is -2.09. The molecule has 0 unspecified atom stereocenters. The van der Waals surface area contributed by atoms with Gasteiger partial charge in [-0.1, -0.05) is 6.92 Å². The minimum Gasteiger partial charge on any atom is -0.282 e. The molecule has 0 saturated heterocycles. The van der Waals surface area contributed by atoms with E-state index in [0.29, 0.717) is 11.9 Å². The van der Waals surface area contributed by atoms with Crippen LogP contribution in [0.25, 0.3) is 15.7 Å². The molecule has 128 valence electrons. The summed E-state index contributed by atoms with van der Waals surface area (Å²) in [6.07, 6.45) is 0.659. The van der Waals surface area contributed by atoms with Gasteiger partial charge in [-0.15, -0.1) is 11.3 Å². The van der Waals surface area contributed by atoms with Gasteiger partial charge in [0, 0.05) is 17.5 Å². The largest absolute Gasteiger partial charge is 0.291 e. The number of hydrogen-bond acceptors (Lipinski definition) is 5. The van der Waals surface area contributed by atoms with Crippen molar-refractivity contribution in [3.05, 3.63) is 51.1 Å². The van der Waals surface area contributed by atoms with Gasteiger partial charge in [0.05, 0.1) is 5.69 Å². The first-order chi connectivity index (χ1) is 12.0. The quantitative estimate of drug-likeness (QED) is 0.566. The summed E-state index contributed by atoms with van der Waals surface area (Å²) in [5, 5.41) is 11.6. The molecule has 0 radical (unpaired) electrons. The van der Waals surface area contributed by atoms with Crippen molar-refractivity contribution >= 4 is 33.0 Å². The third-order valence-corrected chi connectivity index (χ3v) is 5.12. The zero-order valence-corrected chi connectivity index (χ0v) is 15.0. The Balaban J connectivity index is 1.85. The molecule has 4 aromatic heterocycles. The highest BCUT2D eigenvalue weighted by atomic mass is 32.1. The van der Waals surface area contributed by atoms with Gasteiger partial charge in [-0.25, -0.2) is 9.36 Å². The first-order valence-corrected chi connectivity index (χ1v) is 8.92. The third-order valence-electron chi connectivity index (χ3n) is 4.21. The van der Waals surface area contributed by atoms with Crippen molar-refractivity contribution in [2.24, 2.45) is 0 Å². The summed E-state index contributed by atoms with van der Waals surface area (Å²) in [4.78, 5) is 26.4. The molecular formula is C17H17N5O2S. The van der Waals surface area contributed by atoms with E-state index < -0.39 is 0 Å². The second-order valence-corrected chi connectivity index (χ2v) is 6.91. The Bertz CT molecular complexity index is 1180. The lowest BCUT2D eigenvalue weighted by Crippen LogP contribution is -2.32. The van der Waals surface area contributed by atoms with Crippen LogP contribution < -0.4 is 5.56 Å². The van der Waals surface area contributed by atoms with Crippen LogP contribution in [0.4, 0.5) is 0 Å². The number of fused-ring (bicyclic) bond motifs is 3. The minimum atomic E-state index is -0.278. The first kappa shape index (κ1) is 15.8. The van der Waals surface area contributed by atoms with E-state index in [4.69, 9.17) is 0 Å². The van der Waals surface area contributed by atoms with Gasteiger partial charge in [0.1, 0.15) is 22.7 Å². The summed E-state index contributed by atoms with van der Waals surface area (Å²) in [5.74, 6) is 0.480. The fourth-order valence-corrected chi connectivity index (χ4v) is 4.03. The van der Waals surface area contributed by atoms with Gasteiger partial charge in [-0.05, 0) is 37.4 Å². The molecule has 0 aromatic carbocycles. The smallest absolute Gasteiger partial charge is 0.282 e. The van der Waals surface area contributed by atoms with Crippen LogP contribution in [0, 0.1) is 13.8 Å². The van der Waals surface area contributed by atoms with Crippen molar-refractivity contribution in [3.8, 4) is 0 Å². The molecular weight excluding hydrogens is 338 g/mol. The maximum atomic E-state index is 12.8. The van der Waals surface area contributed by atoms with E-state index in [1.807, 2.05) is 48.8 Å². The first-order valence-electron chi connectivity index (χ1n) is 8.04. The maximum absolute atomic E-state index is 12.8. The standard InChI is InChI=1S/C17H17N5O2S/c1-4-14-19-20(9-15(23)22-11(3)7-10(2)18-22)16(24)13-8-12-5-6-25-17(12)21(13)14/h5-8H,4,9H2,1-3H3. The monoisotopic (exact) mass is 355 g/mol. The summed E-state index contributed by atoms with van der Waals surface area (Å²) in [6.45, 7) is 5.49.